The number of nitrogens with zero attached hydrogens (tertiary/aromatic N) is 5. The number of fused-ring (bicyclic) bond motifs is 1. The Morgan fingerprint density at radius 1 is 1.11 bits per heavy atom. The number of rotatable bonds is 2. The van der Waals surface area contributed by atoms with Gasteiger partial charge in [-0.05, 0) is 19.1 Å². The summed E-state index contributed by atoms with van der Waals surface area (Å²) in [6, 6.07) is 10.0. The lowest BCUT2D eigenvalue weighted by Crippen LogP contribution is -2.42. The van der Waals surface area contributed by atoms with Crippen LogP contribution in [0.4, 0.5) is 5.69 Å². The topological polar surface area (TPSA) is 52.7 Å². The Hall–Kier alpha value is -2.30. The molecule has 3 rings (SSSR count). The fourth-order valence-electron chi connectivity index (χ4n) is 2.10. The molecule has 2 heterocycles. The van der Waals surface area contributed by atoms with E-state index in [9.17, 15) is 0 Å². The van der Waals surface area contributed by atoms with Crippen LogP contribution in [0.2, 0.25) is 0 Å². The molecule has 1 aromatic carbocycles. The van der Waals surface area contributed by atoms with Crippen LogP contribution in [0, 0.1) is 0 Å². The number of hydrogen-bond donors (Lipinski definition) is 0. The molecule has 0 aromatic heterocycles. The van der Waals surface area contributed by atoms with Crippen LogP contribution in [-0.4, -0.2) is 36.9 Å². The summed E-state index contributed by atoms with van der Waals surface area (Å²) in [4.78, 5) is 19.1. The van der Waals surface area contributed by atoms with Crippen molar-refractivity contribution in [3.8, 4) is 0 Å². The van der Waals surface area contributed by atoms with Gasteiger partial charge in [-0.25, -0.2) is 15.0 Å². The van der Waals surface area contributed by atoms with Crippen LogP contribution >= 0.6 is 0 Å². The van der Waals surface area contributed by atoms with Gasteiger partial charge in [0.25, 0.3) is 0 Å². The first kappa shape index (κ1) is 10.8. The molecule has 18 heavy (non-hydrogen) atoms. The van der Waals surface area contributed by atoms with Crippen molar-refractivity contribution in [2.75, 3.05) is 11.4 Å². The summed E-state index contributed by atoms with van der Waals surface area (Å²) in [5.41, 5.74) is 1.11. The maximum Gasteiger partial charge on any atom is 0.169 e. The standard InChI is InChI=1S/C13H13N5/c1-2-18(10-6-4-3-5-7-10)13-11-12(15-8-14-11)16-9-17-13/h3-9,11H,2H2,1H3/t11-/m0/s1. The molecule has 90 valence electrons. The first-order chi connectivity index (χ1) is 8.90. The Kier molecular flexibility index (Phi) is 2.72. The van der Waals surface area contributed by atoms with Crippen LogP contribution in [0.25, 0.3) is 0 Å². The fourth-order valence-corrected chi connectivity index (χ4v) is 2.10. The number of hydrogen-bond acceptors (Lipinski definition) is 5. The second-order valence-corrected chi connectivity index (χ2v) is 3.97. The van der Waals surface area contributed by atoms with Crippen molar-refractivity contribution in [3.05, 3.63) is 30.3 Å². The lowest BCUT2D eigenvalue weighted by molar-refractivity contribution is 0.993. The van der Waals surface area contributed by atoms with Gasteiger partial charge < -0.3 is 4.90 Å². The van der Waals surface area contributed by atoms with Crippen molar-refractivity contribution in [3.63, 3.8) is 0 Å². The van der Waals surface area contributed by atoms with Gasteiger partial charge in [0.15, 0.2) is 11.9 Å². The van der Waals surface area contributed by atoms with E-state index in [-0.39, 0.29) is 6.04 Å². The lowest BCUT2D eigenvalue weighted by Gasteiger charge is -2.28. The summed E-state index contributed by atoms with van der Waals surface area (Å²) in [6.07, 6.45) is 3.10. The Morgan fingerprint density at radius 2 is 1.94 bits per heavy atom. The van der Waals surface area contributed by atoms with E-state index in [1.807, 2.05) is 18.2 Å². The molecule has 2 aliphatic heterocycles. The van der Waals surface area contributed by atoms with Gasteiger partial charge in [0.2, 0.25) is 0 Å². The first-order valence-corrected chi connectivity index (χ1v) is 5.92. The quantitative estimate of drug-likeness (QED) is 0.775. The highest BCUT2D eigenvalue weighted by Gasteiger charge is 2.30. The minimum Gasteiger partial charge on any atom is -0.328 e. The zero-order chi connectivity index (χ0) is 12.4. The summed E-state index contributed by atoms with van der Waals surface area (Å²) in [5.74, 6) is 1.60. The van der Waals surface area contributed by atoms with E-state index in [1.165, 1.54) is 0 Å². The molecule has 0 bridgehead atoms. The molecule has 1 atom stereocenters. The Balaban J connectivity index is 1.98. The minimum absolute atomic E-state index is 0.157. The van der Waals surface area contributed by atoms with Crippen LogP contribution in [0.3, 0.4) is 0 Å². The Morgan fingerprint density at radius 3 is 2.72 bits per heavy atom. The summed E-state index contributed by atoms with van der Waals surface area (Å²) >= 11 is 0. The van der Waals surface area contributed by atoms with Gasteiger partial charge in [-0.15, -0.1) is 0 Å². The molecule has 0 saturated carbocycles. The number of anilines is 1. The molecule has 0 aliphatic carbocycles. The lowest BCUT2D eigenvalue weighted by atomic mass is 10.2. The number of benzene rings is 1. The van der Waals surface area contributed by atoms with Crippen LogP contribution < -0.4 is 4.90 Å². The number of amidine groups is 2. The molecular formula is C13H13N5. The third-order valence-electron chi connectivity index (χ3n) is 2.94. The number of likely N-dealkylation sites (N-methyl/N-ethyl adjacent to an activating group) is 1. The molecular weight excluding hydrogens is 226 g/mol. The summed E-state index contributed by atoms with van der Waals surface area (Å²) in [6.45, 7) is 2.92. The molecule has 0 saturated heterocycles. The second-order valence-electron chi connectivity index (χ2n) is 3.97. The van der Waals surface area contributed by atoms with E-state index in [0.29, 0.717) is 0 Å². The third kappa shape index (κ3) is 1.73. The fraction of sp³-hybridized carbons (Fsp3) is 0.231. The highest BCUT2D eigenvalue weighted by molar-refractivity contribution is 6.24. The average molecular weight is 239 g/mol. The monoisotopic (exact) mass is 239 g/mol. The maximum atomic E-state index is 4.38. The normalized spacial score (nSPS) is 20.4. The Labute approximate surface area is 105 Å². The summed E-state index contributed by atoms with van der Waals surface area (Å²) in [7, 11) is 0. The van der Waals surface area contributed by atoms with E-state index in [4.69, 9.17) is 0 Å². The predicted molar refractivity (Wildman–Crippen MR) is 75.1 cm³/mol. The molecule has 1 aromatic rings. The van der Waals surface area contributed by atoms with Gasteiger partial charge in [-0.2, -0.15) is 0 Å². The third-order valence-corrected chi connectivity index (χ3v) is 2.94. The average Bonchev–Trinajstić information content (AvgIpc) is 2.90. The zero-order valence-corrected chi connectivity index (χ0v) is 10.1. The SMILES string of the molecule is CCN(C1=NC=NC2=NC=N[C@@H]21)c1ccccc1. The maximum absolute atomic E-state index is 4.38. The van der Waals surface area contributed by atoms with Crippen LogP contribution in [-0.2, 0) is 0 Å². The molecule has 5 heteroatoms. The van der Waals surface area contributed by atoms with Crippen LogP contribution in [0.1, 0.15) is 6.92 Å². The van der Waals surface area contributed by atoms with E-state index in [1.54, 1.807) is 12.7 Å². The van der Waals surface area contributed by atoms with Crippen molar-refractivity contribution in [1.82, 2.24) is 0 Å². The molecule has 0 amide bonds. The first-order valence-electron chi connectivity index (χ1n) is 5.92. The van der Waals surface area contributed by atoms with E-state index in [0.717, 1.165) is 23.9 Å². The van der Waals surface area contributed by atoms with Crippen molar-refractivity contribution < 1.29 is 0 Å². The summed E-state index contributed by atoms with van der Waals surface area (Å²) in [5, 5.41) is 0. The predicted octanol–water partition coefficient (Wildman–Crippen LogP) is 1.76. The van der Waals surface area contributed by atoms with Crippen molar-refractivity contribution in [2.24, 2.45) is 20.0 Å². The molecule has 0 spiro atoms. The van der Waals surface area contributed by atoms with Crippen molar-refractivity contribution in [1.29, 1.82) is 0 Å². The molecule has 0 N–H and O–H groups in total. The highest BCUT2D eigenvalue weighted by atomic mass is 15.3. The van der Waals surface area contributed by atoms with E-state index < -0.39 is 0 Å². The molecule has 0 fully saturated rings. The van der Waals surface area contributed by atoms with E-state index in [2.05, 4.69) is 43.9 Å². The van der Waals surface area contributed by atoms with Gasteiger partial charge in [0.05, 0.1) is 0 Å². The minimum atomic E-state index is -0.157. The van der Waals surface area contributed by atoms with E-state index >= 15 is 0 Å². The van der Waals surface area contributed by atoms with Gasteiger partial charge in [-0.3, -0.25) is 4.99 Å². The van der Waals surface area contributed by atoms with Gasteiger partial charge in [-0.1, -0.05) is 18.2 Å². The van der Waals surface area contributed by atoms with Crippen LogP contribution in [0.5, 0.6) is 0 Å². The van der Waals surface area contributed by atoms with Crippen molar-refractivity contribution in [2.45, 2.75) is 13.0 Å². The Bertz CT molecular complexity index is 556. The van der Waals surface area contributed by atoms with Crippen molar-refractivity contribution >= 4 is 30.0 Å². The van der Waals surface area contributed by atoms with Gasteiger partial charge in [0, 0.05) is 12.2 Å². The zero-order valence-electron chi connectivity index (χ0n) is 10.1. The smallest absolute Gasteiger partial charge is 0.169 e. The van der Waals surface area contributed by atoms with Gasteiger partial charge >= 0.3 is 0 Å². The number of aliphatic imine (C=N–C) groups is 4. The molecule has 2 aliphatic rings. The van der Waals surface area contributed by atoms with Gasteiger partial charge in [0.1, 0.15) is 18.5 Å². The number of para-hydroxylation sites is 1. The molecule has 0 radical (unpaired) electrons. The highest BCUT2D eigenvalue weighted by Crippen LogP contribution is 2.19. The largest absolute Gasteiger partial charge is 0.328 e. The molecule has 5 nitrogen and oxygen atoms in total. The van der Waals surface area contributed by atoms with Crippen LogP contribution in [0.15, 0.2) is 50.3 Å². The molecule has 0 unspecified atom stereocenters. The summed E-state index contributed by atoms with van der Waals surface area (Å²) < 4.78 is 0. The second kappa shape index (κ2) is 4.52.